The van der Waals surface area contributed by atoms with E-state index in [1.807, 2.05) is 18.2 Å². The smallest absolute Gasteiger partial charge is 0.0841 e. The van der Waals surface area contributed by atoms with Crippen molar-refractivity contribution in [1.29, 1.82) is 0 Å². The Morgan fingerprint density at radius 3 is 2.79 bits per heavy atom. The van der Waals surface area contributed by atoms with Crippen molar-refractivity contribution in [2.24, 2.45) is 0 Å². The molecule has 2 aromatic heterocycles. The highest BCUT2D eigenvalue weighted by Crippen LogP contribution is 2.32. The predicted molar refractivity (Wildman–Crippen MR) is 80.3 cm³/mol. The molecule has 0 aliphatic carbocycles. The van der Waals surface area contributed by atoms with Gasteiger partial charge in [0.2, 0.25) is 0 Å². The van der Waals surface area contributed by atoms with Gasteiger partial charge in [0.1, 0.15) is 0 Å². The fraction of sp³-hybridized carbons (Fsp3) is 0.188. The Hall–Kier alpha value is -1.71. The van der Waals surface area contributed by atoms with Gasteiger partial charge in [-0.1, -0.05) is 18.2 Å². The van der Waals surface area contributed by atoms with Crippen LogP contribution in [0.15, 0.2) is 48.0 Å². The Bertz CT molecular complexity index is 725. The highest BCUT2D eigenvalue weighted by molar-refractivity contribution is 7.17. The summed E-state index contributed by atoms with van der Waals surface area (Å²) in [6.45, 7) is 3.58. The first-order chi connectivity index (χ1) is 9.05. The molecule has 0 atom stereocenters. The number of nitrogens with zero attached hydrogens (tertiary/aromatic N) is 1. The lowest BCUT2D eigenvalue weighted by molar-refractivity contribution is 0.0785. The largest absolute Gasteiger partial charge is 0.386 e. The van der Waals surface area contributed by atoms with Crippen molar-refractivity contribution in [1.82, 2.24) is 4.98 Å². The molecule has 0 radical (unpaired) electrons. The summed E-state index contributed by atoms with van der Waals surface area (Å²) < 4.78 is 1.24. The number of hydrogen-bond acceptors (Lipinski definition) is 3. The summed E-state index contributed by atoms with van der Waals surface area (Å²) in [4.78, 5) is 4.45. The SMILES string of the molecule is CC(C)(O)c1ccnc(-c2cccc3ccsc23)c1. The van der Waals surface area contributed by atoms with Gasteiger partial charge in [0.15, 0.2) is 0 Å². The van der Waals surface area contributed by atoms with Gasteiger partial charge in [0, 0.05) is 16.5 Å². The zero-order valence-corrected chi connectivity index (χ0v) is 11.7. The Morgan fingerprint density at radius 2 is 2.00 bits per heavy atom. The first-order valence-corrected chi connectivity index (χ1v) is 7.09. The molecule has 0 bridgehead atoms. The second kappa shape index (κ2) is 4.44. The van der Waals surface area contributed by atoms with E-state index in [9.17, 15) is 5.11 Å². The molecular formula is C16H15NOS. The number of fused-ring (bicyclic) bond motifs is 1. The summed E-state index contributed by atoms with van der Waals surface area (Å²) in [5, 5.41) is 13.4. The van der Waals surface area contributed by atoms with Gasteiger partial charge in [-0.2, -0.15) is 0 Å². The van der Waals surface area contributed by atoms with E-state index >= 15 is 0 Å². The topological polar surface area (TPSA) is 33.1 Å². The second-order valence-electron chi connectivity index (χ2n) is 5.13. The maximum absolute atomic E-state index is 10.1. The van der Waals surface area contributed by atoms with Gasteiger partial charge in [-0.15, -0.1) is 11.3 Å². The van der Waals surface area contributed by atoms with Crippen molar-refractivity contribution in [3.8, 4) is 11.3 Å². The first-order valence-electron chi connectivity index (χ1n) is 6.21. The molecule has 3 aromatic rings. The van der Waals surface area contributed by atoms with E-state index in [4.69, 9.17) is 0 Å². The molecule has 0 saturated carbocycles. The molecule has 0 aliphatic rings. The van der Waals surface area contributed by atoms with E-state index in [1.54, 1.807) is 31.4 Å². The first kappa shape index (κ1) is 12.3. The highest BCUT2D eigenvalue weighted by atomic mass is 32.1. The molecule has 3 heteroatoms. The lowest BCUT2D eigenvalue weighted by Crippen LogP contribution is -2.15. The van der Waals surface area contributed by atoms with Crippen LogP contribution in [0, 0.1) is 0 Å². The second-order valence-corrected chi connectivity index (χ2v) is 6.05. The van der Waals surface area contributed by atoms with Gasteiger partial charge in [-0.3, -0.25) is 4.98 Å². The average molecular weight is 269 g/mol. The van der Waals surface area contributed by atoms with Crippen LogP contribution in [0.4, 0.5) is 0 Å². The van der Waals surface area contributed by atoms with Crippen LogP contribution in [-0.2, 0) is 5.60 Å². The molecule has 1 N–H and O–H groups in total. The molecule has 0 saturated heterocycles. The third kappa shape index (κ3) is 2.27. The standard InChI is InChI=1S/C16H15NOS/c1-16(2,18)12-6-8-17-14(10-12)13-5-3-4-11-7-9-19-15(11)13/h3-10,18H,1-2H3. The summed E-state index contributed by atoms with van der Waals surface area (Å²) >= 11 is 1.72. The van der Waals surface area contributed by atoms with Crippen molar-refractivity contribution < 1.29 is 5.11 Å². The minimum Gasteiger partial charge on any atom is -0.386 e. The summed E-state index contributed by atoms with van der Waals surface area (Å²) in [5.74, 6) is 0. The molecule has 0 unspecified atom stereocenters. The molecule has 1 aromatic carbocycles. The van der Waals surface area contributed by atoms with E-state index in [0.29, 0.717) is 0 Å². The summed E-state index contributed by atoms with van der Waals surface area (Å²) in [5.41, 5.74) is 2.07. The number of pyridine rings is 1. The third-order valence-corrected chi connectivity index (χ3v) is 4.18. The summed E-state index contributed by atoms with van der Waals surface area (Å²) in [6, 6.07) is 12.2. The van der Waals surface area contributed by atoms with E-state index in [0.717, 1.165) is 16.8 Å². The molecule has 2 nitrogen and oxygen atoms in total. The van der Waals surface area contributed by atoms with E-state index < -0.39 is 5.60 Å². The molecule has 3 rings (SSSR count). The summed E-state index contributed by atoms with van der Waals surface area (Å²) in [7, 11) is 0. The molecule has 2 heterocycles. The zero-order chi connectivity index (χ0) is 13.5. The Kier molecular flexibility index (Phi) is 2.88. The lowest BCUT2D eigenvalue weighted by Gasteiger charge is -2.18. The predicted octanol–water partition coefficient (Wildman–Crippen LogP) is 4.19. The van der Waals surface area contributed by atoms with Crippen LogP contribution in [0.3, 0.4) is 0 Å². The van der Waals surface area contributed by atoms with E-state index in [-0.39, 0.29) is 0 Å². The number of thiophene rings is 1. The number of aromatic nitrogens is 1. The van der Waals surface area contributed by atoms with Crippen molar-refractivity contribution in [3.05, 3.63) is 53.5 Å². The number of hydrogen-bond donors (Lipinski definition) is 1. The molecule has 19 heavy (non-hydrogen) atoms. The molecule has 0 amide bonds. The van der Waals surface area contributed by atoms with Crippen molar-refractivity contribution in [3.63, 3.8) is 0 Å². The molecule has 0 fully saturated rings. The maximum atomic E-state index is 10.1. The fourth-order valence-electron chi connectivity index (χ4n) is 2.15. The van der Waals surface area contributed by atoms with Crippen molar-refractivity contribution in [2.75, 3.05) is 0 Å². The van der Waals surface area contributed by atoms with E-state index in [1.165, 1.54) is 10.1 Å². The van der Waals surface area contributed by atoms with Crippen molar-refractivity contribution in [2.45, 2.75) is 19.4 Å². The lowest BCUT2D eigenvalue weighted by atomic mass is 9.97. The third-order valence-electron chi connectivity index (χ3n) is 3.22. The Labute approximate surface area is 116 Å². The number of aliphatic hydroxyl groups is 1. The summed E-state index contributed by atoms with van der Waals surface area (Å²) in [6.07, 6.45) is 1.76. The van der Waals surface area contributed by atoms with Crippen LogP contribution in [0.25, 0.3) is 21.3 Å². The van der Waals surface area contributed by atoms with Crippen LogP contribution in [-0.4, -0.2) is 10.1 Å². The van der Waals surface area contributed by atoms with Gasteiger partial charge in [0.25, 0.3) is 0 Å². The van der Waals surface area contributed by atoms with Crippen LogP contribution in [0.5, 0.6) is 0 Å². The van der Waals surface area contributed by atoms with Crippen LogP contribution in [0.2, 0.25) is 0 Å². The minimum atomic E-state index is -0.846. The Balaban J connectivity index is 2.19. The molecular weight excluding hydrogens is 254 g/mol. The van der Waals surface area contributed by atoms with Crippen molar-refractivity contribution >= 4 is 21.4 Å². The molecule has 96 valence electrons. The normalized spacial score (nSPS) is 11.9. The average Bonchev–Trinajstić information content (AvgIpc) is 2.86. The highest BCUT2D eigenvalue weighted by Gasteiger charge is 2.17. The molecule has 0 aliphatic heterocycles. The monoisotopic (exact) mass is 269 g/mol. The maximum Gasteiger partial charge on any atom is 0.0841 e. The number of benzene rings is 1. The van der Waals surface area contributed by atoms with Crippen LogP contribution in [0.1, 0.15) is 19.4 Å². The van der Waals surface area contributed by atoms with Crippen LogP contribution >= 0.6 is 11.3 Å². The van der Waals surface area contributed by atoms with Gasteiger partial charge in [0.05, 0.1) is 11.3 Å². The van der Waals surface area contributed by atoms with Crippen LogP contribution < -0.4 is 0 Å². The zero-order valence-electron chi connectivity index (χ0n) is 10.9. The minimum absolute atomic E-state index is 0.846. The fourth-order valence-corrected chi connectivity index (χ4v) is 3.08. The van der Waals surface area contributed by atoms with Gasteiger partial charge < -0.3 is 5.11 Å². The molecule has 0 spiro atoms. The quantitative estimate of drug-likeness (QED) is 0.756. The van der Waals surface area contributed by atoms with Gasteiger partial charge >= 0.3 is 0 Å². The van der Waals surface area contributed by atoms with E-state index in [2.05, 4.69) is 28.6 Å². The Morgan fingerprint density at radius 1 is 1.16 bits per heavy atom. The van der Waals surface area contributed by atoms with Gasteiger partial charge in [-0.05, 0) is 48.4 Å². The van der Waals surface area contributed by atoms with Gasteiger partial charge in [-0.25, -0.2) is 0 Å². The number of rotatable bonds is 2.